The number of rotatable bonds is 8. The van der Waals surface area contributed by atoms with E-state index in [9.17, 15) is 4.79 Å². The second kappa shape index (κ2) is 7.14. The van der Waals surface area contributed by atoms with E-state index < -0.39 is 0 Å². The van der Waals surface area contributed by atoms with Crippen LogP contribution in [-0.4, -0.2) is 32.7 Å². The summed E-state index contributed by atoms with van der Waals surface area (Å²) in [6.45, 7) is 2.28. The molecule has 0 aromatic heterocycles. The molecule has 4 heteroatoms. The Balaban J connectivity index is 1.59. The third-order valence-corrected chi connectivity index (χ3v) is 3.24. The number of nitrogens with one attached hydrogen (secondary N) is 2. The van der Waals surface area contributed by atoms with Crippen molar-refractivity contribution in [2.24, 2.45) is 5.92 Å². The van der Waals surface area contributed by atoms with Crippen molar-refractivity contribution in [1.29, 1.82) is 0 Å². The lowest BCUT2D eigenvalue weighted by Crippen LogP contribution is -2.25. The third-order valence-electron chi connectivity index (χ3n) is 3.24. The minimum absolute atomic E-state index is 0.0233. The molecule has 1 amide bonds. The van der Waals surface area contributed by atoms with Crippen LogP contribution < -0.4 is 10.6 Å². The van der Waals surface area contributed by atoms with Gasteiger partial charge >= 0.3 is 0 Å². The minimum atomic E-state index is -0.0233. The van der Waals surface area contributed by atoms with Gasteiger partial charge in [-0.2, -0.15) is 0 Å². The van der Waals surface area contributed by atoms with Crippen LogP contribution in [0.2, 0.25) is 0 Å². The lowest BCUT2D eigenvalue weighted by Gasteiger charge is -2.07. The van der Waals surface area contributed by atoms with Crippen LogP contribution >= 0.6 is 0 Å². The van der Waals surface area contributed by atoms with Gasteiger partial charge in [-0.1, -0.05) is 0 Å². The molecule has 1 aromatic carbocycles. The predicted molar refractivity (Wildman–Crippen MR) is 76.5 cm³/mol. The molecule has 0 radical (unpaired) electrons. The van der Waals surface area contributed by atoms with E-state index in [2.05, 4.69) is 10.6 Å². The monoisotopic (exact) mass is 262 g/mol. The van der Waals surface area contributed by atoms with Crippen LogP contribution in [0, 0.1) is 5.92 Å². The molecular weight excluding hydrogens is 240 g/mol. The number of carbonyl (C=O) groups excluding carboxylic acids is 1. The van der Waals surface area contributed by atoms with E-state index in [1.807, 2.05) is 31.3 Å². The Morgan fingerprint density at radius 3 is 2.68 bits per heavy atom. The molecule has 0 atom stereocenters. The molecule has 0 aliphatic heterocycles. The zero-order chi connectivity index (χ0) is 13.5. The predicted octanol–water partition coefficient (Wildman–Crippen LogP) is 2.27. The Bertz CT molecular complexity index is 399. The van der Waals surface area contributed by atoms with E-state index >= 15 is 0 Å². The Labute approximate surface area is 114 Å². The van der Waals surface area contributed by atoms with Crippen molar-refractivity contribution in [2.45, 2.75) is 19.3 Å². The highest BCUT2D eigenvalue weighted by Gasteiger charge is 2.20. The Morgan fingerprint density at radius 1 is 1.32 bits per heavy atom. The quantitative estimate of drug-likeness (QED) is 0.707. The number of hydrogen-bond donors (Lipinski definition) is 2. The average molecular weight is 262 g/mol. The van der Waals surface area contributed by atoms with Crippen LogP contribution in [0.5, 0.6) is 0 Å². The van der Waals surface area contributed by atoms with Crippen molar-refractivity contribution in [3.63, 3.8) is 0 Å². The molecule has 0 spiro atoms. The van der Waals surface area contributed by atoms with Crippen molar-refractivity contribution in [2.75, 3.05) is 32.1 Å². The third kappa shape index (κ3) is 4.91. The van der Waals surface area contributed by atoms with Gasteiger partial charge < -0.3 is 15.4 Å². The minimum Gasteiger partial charge on any atom is -0.388 e. The number of amides is 1. The maximum atomic E-state index is 11.8. The SMILES string of the molecule is CNc1ccc(C(=O)NCCCOCC2CC2)cc1. The summed E-state index contributed by atoms with van der Waals surface area (Å²) in [4.78, 5) is 11.8. The van der Waals surface area contributed by atoms with Gasteiger partial charge in [0.05, 0.1) is 0 Å². The lowest BCUT2D eigenvalue weighted by molar-refractivity contribution is 0.0937. The summed E-state index contributed by atoms with van der Waals surface area (Å²) in [6, 6.07) is 7.44. The summed E-state index contributed by atoms with van der Waals surface area (Å²) in [6.07, 6.45) is 3.51. The van der Waals surface area contributed by atoms with Crippen molar-refractivity contribution in [3.8, 4) is 0 Å². The summed E-state index contributed by atoms with van der Waals surface area (Å²) in [5, 5.41) is 5.93. The van der Waals surface area contributed by atoms with E-state index in [-0.39, 0.29) is 5.91 Å². The molecule has 1 fully saturated rings. The normalized spacial score (nSPS) is 14.2. The first kappa shape index (κ1) is 13.9. The number of anilines is 1. The molecule has 19 heavy (non-hydrogen) atoms. The molecule has 1 aliphatic rings. The van der Waals surface area contributed by atoms with Crippen molar-refractivity contribution in [1.82, 2.24) is 5.32 Å². The molecule has 0 saturated heterocycles. The molecule has 104 valence electrons. The van der Waals surface area contributed by atoms with Gasteiger partial charge in [0, 0.05) is 38.1 Å². The molecule has 2 N–H and O–H groups in total. The maximum Gasteiger partial charge on any atom is 0.251 e. The molecule has 2 rings (SSSR count). The van der Waals surface area contributed by atoms with Gasteiger partial charge in [0.15, 0.2) is 0 Å². The summed E-state index contributed by atoms with van der Waals surface area (Å²) in [7, 11) is 1.86. The fraction of sp³-hybridized carbons (Fsp3) is 0.533. The number of ether oxygens (including phenoxy) is 1. The molecule has 1 saturated carbocycles. The van der Waals surface area contributed by atoms with E-state index in [4.69, 9.17) is 4.74 Å². The van der Waals surface area contributed by atoms with E-state index in [0.29, 0.717) is 12.1 Å². The van der Waals surface area contributed by atoms with Crippen molar-refractivity contribution >= 4 is 11.6 Å². The number of hydrogen-bond acceptors (Lipinski definition) is 3. The molecule has 0 heterocycles. The Morgan fingerprint density at radius 2 is 2.05 bits per heavy atom. The topological polar surface area (TPSA) is 50.4 Å². The zero-order valence-electron chi connectivity index (χ0n) is 11.4. The van der Waals surface area contributed by atoms with Crippen LogP contribution in [0.15, 0.2) is 24.3 Å². The highest BCUT2D eigenvalue weighted by Crippen LogP contribution is 2.28. The zero-order valence-corrected chi connectivity index (χ0v) is 11.4. The Kier molecular flexibility index (Phi) is 5.21. The molecule has 4 nitrogen and oxygen atoms in total. The standard InChI is InChI=1S/C15H22N2O2/c1-16-14-7-5-13(6-8-14)15(18)17-9-2-10-19-11-12-3-4-12/h5-8,12,16H,2-4,9-11H2,1H3,(H,17,18). The fourth-order valence-corrected chi connectivity index (χ4v) is 1.80. The summed E-state index contributed by atoms with van der Waals surface area (Å²) >= 11 is 0. The molecule has 1 aliphatic carbocycles. The summed E-state index contributed by atoms with van der Waals surface area (Å²) < 4.78 is 5.52. The second-order valence-corrected chi connectivity index (χ2v) is 4.96. The Hall–Kier alpha value is -1.55. The molecule has 0 unspecified atom stereocenters. The van der Waals surface area contributed by atoms with Gasteiger partial charge in [-0.15, -0.1) is 0 Å². The molecule has 1 aromatic rings. The van der Waals surface area contributed by atoms with Crippen molar-refractivity contribution in [3.05, 3.63) is 29.8 Å². The lowest BCUT2D eigenvalue weighted by atomic mass is 10.2. The fourth-order valence-electron chi connectivity index (χ4n) is 1.80. The average Bonchev–Trinajstić information content (AvgIpc) is 3.26. The molecule has 0 bridgehead atoms. The van der Waals surface area contributed by atoms with Gasteiger partial charge in [0.2, 0.25) is 0 Å². The largest absolute Gasteiger partial charge is 0.388 e. The maximum absolute atomic E-state index is 11.8. The first-order chi connectivity index (χ1) is 9.29. The van der Waals surface area contributed by atoms with E-state index in [0.717, 1.165) is 31.2 Å². The summed E-state index contributed by atoms with van der Waals surface area (Å²) in [5.74, 6) is 0.783. The highest BCUT2D eigenvalue weighted by molar-refractivity contribution is 5.94. The first-order valence-electron chi connectivity index (χ1n) is 6.93. The highest BCUT2D eigenvalue weighted by atomic mass is 16.5. The summed E-state index contributed by atoms with van der Waals surface area (Å²) in [5.41, 5.74) is 1.70. The van der Waals surface area contributed by atoms with E-state index in [1.165, 1.54) is 12.8 Å². The van der Waals surface area contributed by atoms with Crippen molar-refractivity contribution < 1.29 is 9.53 Å². The van der Waals surface area contributed by atoms with Crippen LogP contribution in [-0.2, 0) is 4.74 Å². The first-order valence-corrected chi connectivity index (χ1v) is 6.93. The molecular formula is C15H22N2O2. The van der Waals surface area contributed by atoms with Gasteiger partial charge in [-0.3, -0.25) is 4.79 Å². The van der Waals surface area contributed by atoms with Crippen LogP contribution in [0.4, 0.5) is 5.69 Å². The van der Waals surface area contributed by atoms with Crippen LogP contribution in [0.25, 0.3) is 0 Å². The second-order valence-electron chi connectivity index (χ2n) is 4.96. The van der Waals surface area contributed by atoms with E-state index in [1.54, 1.807) is 0 Å². The van der Waals surface area contributed by atoms with Crippen LogP contribution in [0.1, 0.15) is 29.6 Å². The van der Waals surface area contributed by atoms with Gasteiger partial charge in [-0.05, 0) is 49.4 Å². The smallest absolute Gasteiger partial charge is 0.251 e. The van der Waals surface area contributed by atoms with Gasteiger partial charge in [0.25, 0.3) is 5.91 Å². The van der Waals surface area contributed by atoms with Gasteiger partial charge in [0.1, 0.15) is 0 Å². The number of benzene rings is 1. The van der Waals surface area contributed by atoms with Crippen LogP contribution in [0.3, 0.4) is 0 Å². The number of carbonyl (C=O) groups is 1. The van der Waals surface area contributed by atoms with Gasteiger partial charge in [-0.25, -0.2) is 0 Å².